The normalized spacial score (nSPS) is 11.8. The van der Waals surface area contributed by atoms with Crippen molar-refractivity contribution in [1.82, 2.24) is 9.55 Å². The van der Waals surface area contributed by atoms with Crippen LogP contribution in [0, 0.1) is 0 Å². The Morgan fingerprint density at radius 3 is 2.59 bits per heavy atom. The monoisotopic (exact) mass is 287 g/mol. The number of halogens is 2. The van der Waals surface area contributed by atoms with Gasteiger partial charge >= 0.3 is 0 Å². The quantitative estimate of drug-likeness (QED) is 0.757. The summed E-state index contributed by atoms with van der Waals surface area (Å²) in [4.78, 5) is 20.2. The molecule has 0 saturated heterocycles. The van der Waals surface area contributed by atoms with Crippen molar-refractivity contribution in [3.05, 3.63) is 44.4 Å². The molecule has 0 aliphatic heterocycles. The highest BCUT2D eigenvalue weighted by Gasteiger charge is 2.07. The van der Waals surface area contributed by atoms with Crippen LogP contribution in [0.1, 0.15) is 10.4 Å². The SMILES string of the molecule is Cn1ccsc1=NC(=O)c1cc(Cl)nc(Cl)c1. The Hall–Kier alpha value is -1.17. The molecule has 7 heteroatoms. The highest BCUT2D eigenvalue weighted by atomic mass is 35.5. The lowest BCUT2D eigenvalue weighted by Gasteiger charge is -1.97. The lowest BCUT2D eigenvalue weighted by atomic mass is 10.2. The van der Waals surface area contributed by atoms with Crippen molar-refractivity contribution in [2.75, 3.05) is 0 Å². The predicted molar refractivity (Wildman–Crippen MR) is 67.4 cm³/mol. The Balaban J connectivity index is 2.42. The molecule has 0 fully saturated rings. The summed E-state index contributed by atoms with van der Waals surface area (Å²) in [6, 6.07) is 2.87. The highest BCUT2D eigenvalue weighted by molar-refractivity contribution is 7.07. The van der Waals surface area contributed by atoms with E-state index in [9.17, 15) is 4.79 Å². The van der Waals surface area contributed by atoms with Gasteiger partial charge in [-0.3, -0.25) is 4.79 Å². The third kappa shape index (κ3) is 2.94. The molecule has 2 aromatic rings. The number of amides is 1. The maximum Gasteiger partial charge on any atom is 0.279 e. The number of nitrogens with zero attached hydrogens (tertiary/aromatic N) is 3. The van der Waals surface area contributed by atoms with Crippen molar-refractivity contribution in [3.63, 3.8) is 0 Å². The number of thiazole rings is 1. The number of carbonyl (C=O) groups is 1. The van der Waals surface area contributed by atoms with E-state index in [1.54, 1.807) is 4.57 Å². The molecule has 0 aliphatic rings. The van der Waals surface area contributed by atoms with Gasteiger partial charge in [-0.1, -0.05) is 23.2 Å². The smallest absolute Gasteiger partial charge is 0.279 e. The number of hydrogen-bond acceptors (Lipinski definition) is 3. The summed E-state index contributed by atoms with van der Waals surface area (Å²) in [5.74, 6) is -0.394. The Kier molecular flexibility index (Phi) is 3.61. The fourth-order valence-electron chi connectivity index (χ4n) is 1.17. The van der Waals surface area contributed by atoms with Crippen LogP contribution in [0.15, 0.2) is 28.7 Å². The fraction of sp³-hybridized carbons (Fsp3) is 0.100. The van der Waals surface area contributed by atoms with Gasteiger partial charge in [0.2, 0.25) is 0 Å². The third-order valence-electron chi connectivity index (χ3n) is 1.97. The van der Waals surface area contributed by atoms with E-state index in [1.165, 1.54) is 23.5 Å². The topological polar surface area (TPSA) is 47.2 Å². The van der Waals surface area contributed by atoms with Gasteiger partial charge in [0.05, 0.1) is 0 Å². The zero-order valence-corrected chi connectivity index (χ0v) is 11.1. The number of carbonyl (C=O) groups excluding carboxylic acids is 1. The molecule has 2 aromatic heterocycles. The van der Waals surface area contributed by atoms with Crippen LogP contribution in [0.25, 0.3) is 0 Å². The van der Waals surface area contributed by atoms with Gasteiger partial charge in [-0.2, -0.15) is 4.99 Å². The molecule has 0 atom stereocenters. The molecule has 88 valence electrons. The van der Waals surface area contributed by atoms with Crippen molar-refractivity contribution in [1.29, 1.82) is 0 Å². The van der Waals surface area contributed by atoms with Gasteiger partial charge in [-0.05, 0) is 12.1 Å². The first kappa shape index (κ1) is 12.3. The average molecular weight is 288 g/mol. The standard InChI is InChI=1S/C10H7Cl2N3OS/c1-15-2-3-17-10(15)14-9(16)6-4-7(11)13-8(12)5-6/h2-5H,1H3. The molecule has 0 aromatic carbocycles. The van der Waals surface area contributed by atoms with E-state index in [0.29, 0.717) is 10.4 Å². The second-order valence-electron chi connectivity index (χ2n) is 3.21. The average Bonchev–Trinajstić information content (AvgIpc) is 2.63. The van der Waals surface area contributed by atoms with Crippen LogP contribution in [-0.2, 0) is 7.05 Å². The van der Waals surface area contributed by atoms with Crippen molar-refractivity contribution < 1.29 is 4.79 Å². The molecule has 4 nitrogen and oxygen atoms in total. The number of hydrogen-bond donors (Lipinski definition) is 0. The third-order valence-corrected chi connectivity index (χ3v) is 3.20. The van der Waals surface area contributed by atoms with Gasteiger partial charge in [-0.25, -0.2) is 4.98 Å². The minimum atomic E-state index is -0.394. The minimum Gasteiger partial charge on any atom is -0.327 e. The fourth-order valence-corrected chi connectivity index (χ4v) is 2.36. The Morgan fingerprint density at radius 1 is 1.41 bits per heavy atom. The van der Waals surface area contributed by atoms with E-state index < -0.39 is 5.91 Å². The predicted octanol–water partition coefficient (Wildman–Crippen LogP) is 2.53. The summed E-state index contributed by atoms with van der Waals surface area (Å²) in [7, 11) is 1.81. The molecular weight excluding hydrogens is 281 g/mol. The van der Waals surface area contributed by atoms with Crippen molar-refractivity contribution in [2.45, 2.75) is 0 Å². The zero-order chi connectivity index (χ0) is 12.4. The maximum atomic E-state index is 11.9. The molecule has 0 bridgehead atoms. The second kappa shape index (κ2) is 5.00. The van der Waals surface area contributed by atoms with E-state index in [0.717, 1.165) is 0 Å². The van der Waals surface area contributed by atoms with Crippen molar-refractivity contribution >= 4 is 40.4 Å². The van der Waals surface area contributed by atoms with Crippen molar-refractivity contribution in [3.8, 4) is 0 Å². The van der Waals surface area contributed by atoms with Gasteiger partial charge in [0, 0.05) is 24.2 Å². The van der Waals surface area contributed by atoms with Gasteiger partial charge in [0.1, 0.15) is 10.3 Å². The summed E-state index contributed by atoms with van der Waals surface area (Å²) in [6.07, 6.45) is 1.82. The van der Waals surface area contributed by atoms with E-state index >= 15 is 0 Å². The summed E-state index contributed by atoms with van der Waals surface area (Å²) >= 11 is 12.8. The molecule has 0 saturated carbocycles. The number of rotatable bonds is 1. The molecule has 2 heterocycles. The number of aromatic nitrogens is 2. The summed E-state index contributed by atoms with van der Waals surface area (Å²) in [5.41, 5.74) is 0.323. The van der Waals surface area contributed by atoms with Gasteiger partial charge in [-0.15, -0.1) is 11.3 Å². The van der Waals surface area contributed by atoms with Crippen LogP contribution in [0.2, 0.25) is 10.3 Å². The second-order valence-corrected chi connectivity index (χ2v) is 4.86. The van der Waals surface area contributed by atoms with Gasteiger partial charge in [0.25, 0.3) is 5.91 Å². The van der Waals surface area contributed by atoms with Crippen LogP contribution in [0.5, 0.6) is 0 Å². The molecule has 17 heavy (non-hydrogen) atoms. The lowest BCUT2D eigenvalue weighted by Crippen LogP contribution is -2.12. The first-order valence-corrected chi connectivity index (χ1v) is 6.22. The van der Waals surface area contributed by atoms with Crippen LogP contribution in [-0.4, -0.2) is 15.5 Å². The van der Waals surface area contributed by atoms with E-state index in [2.05, 4.69) is 9.98 Å². The summed E-state index contributed by atoms with van der Waals surface area (Å²) in [5, 5.41) is 2.19. The number of pyridine rings is 1. The van der Waals surface area contributed by atoms with Crippen LogP contribution in [0.3, 0.4) is 0 Å². The van der Waals surface area contributed by atoms with Crippen LogP contribution < -0.4 is 4.80 Å². The lowest BCUT2D eigenvalue weighted by molar-refractivity contribution is 0.0998. The van der Waals surface area contributed by atoms with Gasteiger partial charge in [0.15, 0.2) is 4.80 Å². The molecule has 1 amide bonds. The first-order valence-electron chi connectivity index (χ1n) is 4.58. The Labute approximate surface area is 111 Å². The Bertz CT molecular complexity index is 612. The molecule has 2 rings (SSSR count). The van der Waals surface area contributed by atoms with Crippen LogP contribution in [0.4, 0.5) is 0 Å². The maximum absolute atomic E-state index is 11.9. The van der Waals surface area contributed by atoms with Crippen LogP contribution >= 0.6 is 34.5 Å². The van der Waals surface area contributed by atoms with Crippen molar-refractivity contribution in [2.24, 2.45) is 12.0 Å². The molecule has 0 spiro atoms. The van der Waals surface area contributed by atoms with E-state index in [1.807, 2.05) is 18.6 Å². The summed E-state index contributed by atoms with van der Waals surface area (Å²) < 4.78 is 1.76. The highest BCUT2D eigenvalue weighted by Crippen LogP contribution is 2.15. The Morgan fingerprint density at radius 2 is 2.06 bits per heavy atom. The zero-order valence-electron chi connectivity index (χ0n) is 8.72. The van der Waals surface area contributed by atoms with Gasteiger partial charge < -0.3 is 4.57 Å². The molecular formula is C10H7Cl2N3OS. The minimum absolute atomic E-state index is 0.173. The first-order chi connectivity index (χ1) is 8.06. The van der Waals surface area contributed by atoms with E-state index in [4.69, 9.17) is 23.2 Å². The largest absolute Gasteiger partial charge is 0.327 e. The summed E-state index contributed by atoms with van der Waals surface area (Å²) in [6.45, 7) is 0. The molecule has 0 unspecified atom stereocenters. The molecule has 0 radical (unpaired) electrons. The molecule has 0 aliphatic carbocycles. The van der Waals surface area contributed by atoms with E-state index in [-0.39, 0.29) is 10.3 Å². The molecule has 0 N–H and O–H groups in total. The number of aryl methyl sites for hydroxylation is 1.